The minimum absolute atomic E-state index is 0.0160. The number of hydrogen-bond donors (Lipinski definition) is 2. The molecule has 1 aliphatic rings. The summed E-state index contributed by atoms with van der Waals surface area (Å²) in [6.45, 7) is 5.97. The summed E-state index contributed by atoms with van der Waals surface area (Å²) in [6.07, 6.45) is 3.70. The van der Waals surface area contributed by atoms with Gasteiger partial charge in [-0.15, -0.1) is 0 Å². The third-order valence-corrected chi connectivity index (χ3v) is 3.74. The molecule has 0 heterocycles. The van der Waals surface area contributed by atoms with Gasteiger partial charge < -0.3 is 15.8 Å². The van der Waals surface area contributed by atoms with Gasteiger partial charge in [0.25, 0.3) is 0 Å². The molecule has 0 bridgehead atoms. The van der Waals surface area contributed by atoms with Crippen LogP contribution in [0.5, 0.6) is 5.75 Å². The molecule has 1 aromatic carbocycles. The molecule has 0 aromatic heterocycles. The number of carbonyl (C=O) groups is 1. The van der Waals surface area contributed by atoms with Gasteiger partial charge in [0.2, 0.25) is 5.91 Å². The summed E-state index contributed by atoms with van der Waals surface area (Å²) in [5, 5.41) is 2.96. The van der Waals surface area contributed by atoms with Gasteiger partial charge in [0.05, 0.1) is 5.69 Å². The number of carbonyl (C=O) groups excluding carboxylic acids is 1. The number of nitrogens with two attached hydrogens (primary N) is 1. The van der Waals surface area contributed by atoms with Crippen molar-refractivity contribution in [3.63, 3.8) is 0 Å². The Balaban J connectivity index is 2.00. The Labute approximate surface area is 127 Å². The topological polar surface area (TPSA) is 64.3 Å². The van der Waals surface area contributed by atoms with E-state index in [0.29, 0.717) is 18.1 Å². The van der Waals surface area contributed by atoms with Crippen LogP contribution >= 0.6 is 0 Å². The average Bonchev–Trinajstić information content (AvgIpc) is 2.76. The van der Waals surface area contributed by atoms with Crippen molar-refractivity contribution in [2.75, 3.05) is 5.32 Å². The van der Waals surface area contributed by atoms with Crippen molar-refractivity contribution in [1.29, 1.82) is 0 Å². The van der Waals surface area contributed by atoms with Crippen LogP contribution in [0.2, 0.25) is 0 Å². The zero-order chi connectivity index (χ0) is 15.5. The van der Waals surface area contributed by atoms with Gasteiger partial charge >= 0.3 is 0 Å². The Kier molecular flexibility index (Phi) is 4.88. The van der Waals surface area contributed by atoms with Crippen molar-refractivity contribution >= 4 is 11.6 Å². The molecular formula is C17H26N2O2. The van der Waals surface area contributed by atoms with Crippen LogP contribution in [0, 0.1) is 5.92 Å². The highest BCUT2D eigenvalue weighted by Crippen LogP contribution is 2.30. The summed E-state index contributed by atoms with van der Waals surface area (Å²) >= 11 is 0. The molecule has 0 radical (unpaired) electrons. The number of rotatable bonds is 4. The molecule has 116 valence electrons. The fourth-order valence-corrected chi connectivity index (χ4v) is 2.75. The van der Waals surface area contributed by atoms with Crippen LogP contribution in [-0.4, -0.2) is 17.6 Å². The molecular weight excluding hydrogens is 264 g/mol. The average molecular weight is 290 g/mol. The number of ether oxygens (including phenoxy) is 1. The third kappa shape index (κ3) is 4.74. The second-order valence-corrected chi connectivity index (χ2v) is 6.82. The molecule has 2 atom stereocenters. The van der Waals surface area contributed by atoms with E-state index >= 15 is 0 Å². The van der Waals surface area contributed by atoms with Crippen molar-refractivity contribution in [3.05, 3.63) is 24.3 Å². The van der Waals surface area contributed by atoms with Crippen LogP contribution in [-0.2, 0) is 4.79 Å². The molecule has 1 fully saturated rings. The van der Waals surface area contributed by atoms with E-state index in [9.17, 15) is 4.79 Å². The third-order valence-electron chi connectivity index (χ3n) is 3.74. The lowest BCUT2D eigenvalue weighted by Crippen LogP contribution is -2.28. The summed E-state index contributed by atoms with van der Waals surface area (Å²) in [5.74, 6) is 1.03. The number of hydrogen-bond acceptors (Lipinski definition) is 3. The van der Waals surface area contributed by atoms with Gasteiger partial charge in [-0.3, -0.25) is 4.79 Å². The molecule has 1 amide bonds. The molecule has 1 aliphatic carbocycles. The number of amides is 1. The summed E-state index contributed by atoms with van der Waals surface area (Å²) in [5.41, 5.74) is 6.46. The van der Waals surface area contributed by atoms with Crippen molar-refractivity contribution in [1.82, 2.24) is 0 Å². The highest BCUT2D eigenvalue weighted by molar-refractivity contribution is 5.92. The van der Waals surface area contributed by atoms with E-state index in [1.807, 2.05) is 45.0 Å². The van der Waals surface area contributed by atoms with Gasteiger partial charge in [-0.25, -0.2) is 0 Å². The maximum absolute atomic E-state index is 12.2. The summed E-state index contributed by atoms with van der Waals surface area (Å²) in [4.78, 5) is 12.2. The van der Waals surface area contributed by atoms with Crippen molar-refractivity contribution in [2.24, 2.45) is 11.7 Å². The molecule has 0 unspecified atom stereocenters. The highest BCUT2D eigenvalue weighted by atomic mass is 16.5. The van der Waals surface area contributed by atoms with Gasteiger partial charge in [-0.2, -0.15) is 0 Å². The van der Waals surface area contributed by atoms with E-state index in [4.69, 9.17) is 10.5 Å². The second kappa shape index (κ2) is 6.48. The van der Waals surface area contributed by atoms with E-state index in [-0.39, 0.29) is 17.6 Å². The maximum atomic E-state index is 12.2. The zero-order valence-corrected chi connectivity index (χ0v) is 13.2. The van der Waals surface area contributed by atoms with E-state index in [1.54, 1.807) is 0 Å². The Hall–Kier alpha value is -1.55. The molecule has 21 heavy (non-hydrogen) atoms. The van der Waals surface area contributed by atoms with E-state index < -0.39 is 0 Å². The largest absolute Gasteiger partial charge is 0.486 e. The first-order valence-corrected chi connectivity index (χ1v) is 7.68. The summed E-state index contributed by atoms with van der Waals surface area (Å²) in [6, 6.07) is 7.71. The van der Waals surface area contributed by atoms with Crippen LogP contribution < -0.4 is 15.8 Å². The fraction of sp³-hybridized carbons (Fsp3) is 0.588. The van der Waals surface area contributed by atoms with E-state index in [0.717, 1.165) is 24.9 Å². The van der Waals surface area contributed by atoms with Crippen molar-refractivity contribution in [2.45, 2.75) is 58.1 Å². The van der Waals surface area contributed by atoms with E-state index in [2.05, 4.69) is 5.32 Å². The molecule has 2 rings (SSSR count). The zero-order valence-electron chi connectivity index (χ0n) is 13.2. The number of para-hydroxylation sites is 2. The number of anilines is 1. The molecule has 1 saturated carbocycles. The first kappa shape index (κ1) is 15.8. The minimum atomic E-state index is -0.297. The lowest BCUT2D eigenvalue weighted by molar-refractivity contribution is -0.117. The number of benzene rings is 1. The van der Waals surface area contributed by atoms with Crippen LogP contribution in [0.3, 0.4) is 0 Å². The predicted molar refractivity (Wildman–Crippen MR) is 85.4 cm³/mol. The standard InChI is InChI=1S/C17H26N2O2/c1-17(2,3)21-15-10-5-4-9-14(15)19-16(20)11-12-7-6-8-13(12)18/h4-5,9-10,12-13H,6-8,11,18H2,1-3H3,(H,19,20)/t12-,13+/m0/s1. The monoisotopic (exact) mass is 290 g/mol. The fourth-order valence-electron chi connectivity index (χ4n) is 2.75. The molecule has 4 heteroatoms. The first-order valence-electron chi connectivity index (χ1n) is 7.68. The second-order valence-electron chi connectivity index (χ2n) is 6.82. The van der Waals surface area contributed by atoms with Gasteiger partial charge in [-0.05, 0) is 51.7 Å². The highest BCUT2D eigenvalue weighted by Gasteiger charge is 2.26. The lowest BCUT2D eigenvalue weighted by atomic mass is 10.00. The van der Waals surface area contributed by atoms with Gasteiger partial charge in [0, 0.05) is 12.5 Å². The van der Waals surface area contributed by atoms with Gasteiger partial charge in [-0.1, -0.05) is 18.6 Å². The van der Waals surface area contributed by atoms with Crippen LogP contribution in [0.4, 0.5) is 5.69 Å². The van der Waals surface area contributed by atoms with Crippen LogP contribution in [0.25, 0.3) is 0 Å². The van der Waals surface area contributed by atoms with Crippen molar-refractivity contribution in [3.8, 4) is 5.75 Å². The maximum Gasteiger partial charge on any atom is 0.224 e. The molecule has 4 nitrogen and oxygen atoms in total. The van der Waals surface area contributed by atoms with Crippen molar-refractivity contribution < 1.29 is 9.53 Å². The smallest absolute Gasteiger partial charge is 0.224 e. The quantitative estimate of drug-likeness (QED) is 0.894. The Bertz CT molecular complexity index is 494. The normalized spacial score (nSPS) is 22.1. The molecule has 3 N–H and O–H groups in total. The SMILES string of the molecule is CC(C)(C)Oc1ccccc1NC(=O)C[C@@H]1CCC[C@H]1N. The Morgan fingerprint density at radius 3 is 2.67 bits per heavy atom. The Morgan fingerprint density at radius 1 is 1.33 bits per heavy atom. The molecule has 1 aromatic rings. The molecule has 0 aliphatic heterocycles. The van der Waals surface area contributed by atoms with Gasteiger partial charge in [0.15, 0.2) is 0 Å². The number of nitrogens with one attached hydrogen (secondary N) is 1. The molecule has 0 saturated heterocycles. The summed E-state index contributed by atoms with van der Waals surface area (Å²) < 4.78 is 5.89. The van der Waals surface area contributed by atoms with Crippen LogP contribution in [0.1, 0.15) is 46.5 Å². The summed E-state index contributed by atoms with van der Waals surface area (Å²) in [7, 11) is 0. The molecule has 0 spiro atoms. The van der Waals surface area contributed by atoms with Gasteiger partial charge in [0.1, 0.15) is 11.4 Å². The first-order chi connectivity index (χ1) is 9.85. The minimum Gasteiger partial charge on any atom is -0.486 e. The lowest BCUT2D eigenvalue weighted by Gasteiger charge is -2.23. The van der Waals surface area contributed by atoms with Crippen LogP contribution in [0.15, 0.2) is 24.3 Å². The predicted octanol–water partition coefficient (Wildman–Crippen LogP) is 3.32. The Morgan fingerprint density at radius 2 is 2.05 bits per heavy atom. The van der Waals surface area contributed by atoms with E-state index in [1.165, 1.54) is 0 Å².